The van der Waals surface area contributed by atoms with Crippen molar-refractivity contribution in [2.24, 2.45) is 0 Å². The maximum Gasteiger partial charge on any atom is 0.132 e. The van der Waals surface area contributed by atoms with E-state index in [4.69, 9.17) is 4.98 Å². The van der Waals surface area contributed by atoms with Gasteiger partial charge < -0.3 is 5.32 Å². The molecule has 0 unspecified atom stereocenters. The molecule has 2 rings (SSSR count). The lowest BCUT2D eigenvalue weighted by Crippen LogP contribution is -2.05. The molecular formula is C15H18BrN3. The Bertz CT molecular complexity index is 564. The van der Waals surface area contributed by atoms with Crippen molar-refractivity contribution in [2.45, 2.75) is 26.7 Å². The second kappa shape index (κ2) is 6.15. The number of hydrogen-bond acceptors (Lipinski definition) is 3. The fourth-order valence-electron chi connectivity index (χ4n) is 2.03. The van der Waals surface area contributed by atoms with Crippen molar-refractivity contribution in [3.8, 4) is 11.3 Å². The van der Waals surface area contributed by atoms with Crippen LogP contribution in [0.4, 0.5) is 5.82 Å². The molecule has 0 fully saturated rings. The molecule has 100 valence electrons. The molecule has 0 saturated carbocycles. The van der Waals surface area contributed by atoms with E-state index >= 15 is 0 Å². The molecule has 0 saturated heterocycles. The van der Waals surface area contributed by atoms with Gasteiger partial charge in [0, 0.05) is 29.1 Å². The van der Waals surface area contributed by atoms with Gasteiger partial charge in [-0.2, -0.15) is 0 Å². The number of anilines is 1. The number of hydrogen-bond donors (Lipinski definition) is 1. The molecular weight excluding hydrogens is 302 g/mol. The van der Waals surface area contributed by atoms with Gasteiger partial charge in [-0.3, -0.25) is 0 Å². The quantitative estimate of drug-likeness (QED) is 0.917. The lowest BCUT2D eigenvalue weighted by atomic mass is 10.1. The highest BCUT2D eigenvalue weighted by molar-refractivity contribution is 9.10. The van der Waals surface area contributed by atoms with Crippen molar-refractivity contribution in [1.29, 1.82) is 0 Å². The second-order valence-electron chi connectivity index (χ2n) is 4.47. The fraction of sp³-hybridized carbons (Fsp3) is 0.333. The van der Waals surface area contributed by atoms with Crippen LogP contribution in [0.25, 0.3) is 11.3 Å². The number of aromatic nitrogens is 2. The Morgan fingerprint density at radius 1 is 1.16 bits per heavy atom. The summed E-state index contributed by atoms with van der Waals surface area (Å²) in [5.74, 6) is 1.81. The Morgan fingerprint density at radius 3 is 2.42 bits per heavy atom. The van der Waals surface area contributed by atoms with Gasteiger partial charge in [0.05, 0.1) is 5.69 Å². The molecule has 0 spiro atoms. The van der Waals surface area contributed by atoms with Crippen LogP contribution in [-0.2, 0) is 6.42 Å². The third kappa shape index (κ3) is 3.13. The lowest BCUT2D eigenvalue weighted by Gasteiger charge is -2.12. The molecule has 1 aromatic carbocycles. The molecule has 1 aromatic heterocycles. The smallest absolute Gasteiger partial charge is 0.132 e. The van der Waals surface area contributed by atoms with Crippen LogP contribution in [0.1, 0.15) is 24.7 Å². The predicted molar refractivity (Wildman–Crippen MR) is 83.4 cm³/mol. The minimum absolute atomic E-state index is 0.898. The normalized spacial score (nSPS) is 10.5. The average Bonchev–Trinajstić information content (AvgIpc) is 2.42. The average molecular weight is 320 g/mol. The standard InChI is InChI=1S/C15H18BrN3/c1-4-5-13-18-14(10(2)15(17-3)19-13)11-6-8-12(16)9-7-11/h6-9H,4-5H2,1-3H3,(H,17,18,19). The van der Waals surface area contributed by atoms with Crippen molar-refractivity contribution in [3.05, 3.63) is 40.1 Å². The van der Waals surface area contributed by atoms with Gasteiger partial charge in [-0.1, -0.05) is 35.0 Å². The van der Waals surface area contributed by atoms with E-state index < -0.39 is 0 Å². The molecule has 0 aliphatic heterocycles. The fourth-order valence-corrected chi connectivity index (χ4v) is 2.29. The first kappa shape index (κ1) is 14.0. The minimum atomic E-state index is 0.898. The molecule has 2 aromatic rings. The van der Waals surface area contributed by atoms with Crippen LogP contribution in [0, 0.1) is 6.92 Å². The molecule has 1 heterocycles. The number of benzene rings is 1. The van der Waals surface area contributed by atoms with Gasteiger partial charge in [0.2, 0.25) is 0 Å². The van der Waals surface area contributed by atoms with Gasteiger partial charge in [-0.05, 0) is 25.5 Å². The van der Waals surface area contributed by atoms with E-state index in [0.29, 0.717) is 0 Å². The largest absolute Gasteiger partial charge is 0.373 e. The number of aryl methyl sites for hydroxylation is 1. The van der Waals surface area contributed by atoms with E-state index in [9.17, 15) is 0 Å². The highest BCUT2D eigenvalue weighted by Gasteiger charge is 2.11. The SMILES string of the molecule is CCCc1nc(NC)c(C)c(-c2ccc(Br)cc2)n1. The van der Waals surface area contributed by atoms with E-state index in [1.807, 2.05) is 19.2 Å². The summed E-state index contributed by atoms with van der Waals surface area (Å²) in [6, 6.07) is 8.23. The lowest BCUT2D eigenvalue weighted by molar-refractivity contribution is 0.834. The van der Waals surface area contributed by atoms with Crippen LogP contribution in [0.5, 0.6) is 0 Å². The van der Waals surface area contributed by atoms with E-state index in [1.165, 1.54) is 0 Å². The van der Waals surface area contributed by atoms with E-state index in [1.54, 1.807) is 0 Å². The van der Waals surface area contributed by atoms with E-state index in [2.05, 4.69) is 52.2 Å². The molecule has 0 atom stereocenters. The van der Waals surface area contributed by atoms with Crippen LogP contribution in [0.2, 0.25) is 0 Å². The van der Waals surface area contributed by atoms with Gasteiger partial charge in [-0.15, -0.1) is 0 Å². The van der Waals surface area contributed by atoms with Gasteiger partial charge >= 0.3 is 0 Å². The maximum absolute atomic E-state index is 4.70. The monoisotopic (exact) mass is 319 g/mol. The number of nitrogens with one attached hydrogen (secondary N) is 1. The topological polar surface area (TPSA) is 37.8 Å². The Kier molecular flexibility index (Phi) is 4.53. The van der Waals surface area contributed by atoms with Gasteiger partial charge in [-0.25, -0.2) is 9.97 Å². The predicted octanol–water partition coefficient (Wildman–Crippen LogP) is 4.21. The first-order valence-electron chi connectivity index (χ1n) is 6.47. The highest BCUT2D eigenvalue weighted by Crippen LogP contribution is 2.27. The van der Waals surface area contributed by atoms with Crippen molar-refractivity contribution in [1.82, 2.24) is 9.97 Å². The summed E-state index contributed by atoms with van der Waals surface area (Å²) in [5, 5.41) is 3.16. The van der Waals surface area contributed by atoms with Crippen molar-refractivity contribution < 1.29 is 0 Å². The zero-order chi connectivity index (χ0) is 13.8. The molecule has 19 heavy (non-hydrogen) atoms. The summed E-state index contributed by atoms with van der Waals surface area (Å²) in [5.41, 5.74) is 3.22. The van der Waals surface area contributed by atoms with E-state index in [-0.39, 0.29) is 0 Å². The molecule has 0 aliphatic rings. The number of nitrogens with zero attached hydrogens (tertiary/aromatic N) is 2. The Morgan fingerprint density at radius 2 is 1.84 bits per heavy atom. The summed E-state index contributed by atoms with van der Waals surface area (Å²) < 4.78 is 1.07. The third-order valence-corrected chi connectivity index (χ3v) is 3.55. The Labute approximate surface area is 122 Å². The zero-order valence-electron chi connectivity index (χ0n) is 11.5. The van der Waals surface area contributed by atoms with Gasteiger partial charge in [0.1, 0.15) is 11.6 Å². The molecule has 0 amide bonds. The van der Waals surface area contributed by atoms with Crippen LogP contribution >= 0.6 is 15.9 Å². The van der Waals surface area contributed by atoms with Crippen LogP contribution in [0.3, 0.4) is 0 Å². The summed E-state index contributed by atoms with van der Waals surface area (Å²) in [6.07, 6.45) is 1.95. The van der Waals surface area contributed by atoms with E-state index in [0.717, 1.165) is 45.8 Å². The number of rotatable bonds is 4. The first-order valence-corrected chi connectivity index (χ1v) is 7.26. The number of halogens is 1. The molecule has 3 nitrogen and oxygen atoms in total. The second-order valence-corrected chi connectivity index (χ2v) is 5.38. The third-order valence-electron chi connectivity index (χ3n) is 3.02. The molecule has 0 bridgehead atoms. The highest BCUT2D eigenvalue weighted by atomic mass is 79.9. The minimum Gasteiger partial charge on any atom is -0.373 e. The van der Waals surface area contributed by atoms with Gasteiger partial charge in [0.15, 0.2) is 0 Å². The van der Waals surface area contributed by atoms with Gasteiger partial charge in [0.25, 0.3) is 0 Å². The summed E-state index contributed by atoms with van der Waals surface area (Å²) in [4.78, 5) is 9.26. The molecule has 4 heteroatoms. The van der Waals surface area contributed by atoms with Crippen molar-refractivity contribution in [2.75, 3.05) is 12.4 Å². The van der Waals surface area contributed by atoms with Crippen molar-refractivity contribution in [3.63, 3.8) is 0 Å². The Balaban J connectivity index is 2.54. The van der Waals surface area contributed by atoms with Crippen LogP contribution < -0.4 is 5.32 Å². The summed E-state index contributed by atoms with van der Waals surface area (Å²) in [7, 11) is 1.90. The van der Waals surface area contributed by atoms with Crippen LogP contribution in [-0.4, -0.2) is 17.0 Å². The molecule has 0 aliphatic carbocycles. The van der Waals surface area contributed by atoms with Crippen LogP contribution in [0.15, 0.2) is 28.7 Å². The zero-order valence-corrected chi connectivity index (χ0v) is 13.1. The summed E-state index contributed by atoms with van der Waals surface area (Å²) >= 11 is 3.46. The van der Waals surface area contributed by atoms with Crippen molar-refractivity contribution >= 4 is 21.7 Å². The first-order chi connectivity index (χ1) is 9.15. The Hall–Kier alpha value is -1.42. The molecule has 1 N–H and O–H groups in total. The summed E-state index contributed by atoms with van der Waals surface area (Å²) in [6.45, 7) is 4.19. The molecule has 0 radical (unpaired) electrons. The maximum atomic E-state index is 4.70.